The number of para-hydroxylation sites is 1. The van der Waals surface area contributed by atoms with Gasteiger partial charge in [0.15, 0.2) is 0 Å². The lowest BCUT2D eigenvalue weighted by Crippen LogP contribution is -2.24. The highest BCUT2D eigenvalue weighted by Crippen LogP contribution is 2.24. The topological polar surface area (TPSA) is 38.7 Å². The summed E-state index contributed by atoms with van der Waals surface area (Å²) < 4.78 is 42.9. The normalized spacial score (nSPS) is 12.3. The molecular weight excluding hydrogens is 259 g/mol. The number of nitrogens with zero attached hydrogens (tertiary/aromatic N) is 1. The standard InChI is InChI=1S/C13H14F3NO2/c1-2-19-12(18)9-8-11(13(14,15)16)17-10-6-4-3-5-7-10/h3-7H,2,8-9H2,1H3. The fourth-order valence-electron chi connectivity index (χ4n) is 1.37. The molecule has 0 spiro atoms. The van der Waals surface area contributed by atoms with E-state index in [9.17, 15) is 18.0 Å². The fourth-order valence-corrected chi connectivity index (χ4v) is 1.37. The molecule has 1 aromatic carbocycles. The minimum absolute atomic E-state index is 0.149. The predicted molar refractivity (Wildman–Crippen MR) is 65.5 cm³/mol. The van der Waals surface area contributed by atoms with E-state index in [1.54, 1.807) is 25.1 Å². The van der Waals surface area contributed by atoms with Crippen molar-refractivity contribution in [2.24, 2.45) is 4.99 Å². The Labute approximate surface area is 109 Å². The van der Waals surface area contributed by atoms with E-state index < -0.39 is 24.3 Å². The first kappa shape index (κ1) is 15.2. The second-order valence-corrected chi connectivity index (χ2v) is 3.70. The van der Waals surface area contributed by atoms with Gasteiger partial charge in [-0.25, -0.2) is 4.99 Å². The van der Waals surface area contributed by atoms with E-state index in [0.717, 1.165) is 0 Å². The van der Waals surface area contributed by atoms with Crippen molar-refractivity contribution in [3.63, 3.8) is 0 Å². The van der Waals surface area contributed by atoms with E-state index in [-0.39, 0.29) is 18.7 Å². The third-order valence-corrected chi connectivity index (χ3v) is 2.22. The van der Waals surface area contributed by atoms with Crippen LogP contribution in [0.25, 0.3) is 0 Å². The third-order valence-electron chi connectivity index (χ3n) is 2.22. The van der Waals surface area contributed by atoms with E-state index in [2.05, 4.69) is 9.73 Å². The van der Waals surface area contributed by atoms with Gasteiger partial charge in [0.25, 0.3) is 0 Å². The smallest absolute Gasteiger partial charge is 0.429 e. The van der Waals surface area contributed by atoms with Crippen molar-refractivity contribution in [2.75, 3.05) is 6.61 Å². The molecule has 0 radical (unpaired) electrons. The highest BCUT2D eigenvalue weighted by molar-refractivity contribution is 5.93. The van der Waals surface area contributed by atoms with Gasteiger partial charge >= 0.3 is 12.1 Å². The number of rotatable bonds is 5. The van der Waals surface area contributed by atoms with Gasteiger partial charge in [-0.1, -0.05) is 18.2 Å². The molecule has 3 nitrogen and oxygen atoms in total. The van der Waals surface area contributed by atoms with Crippen LogP contribution in [0.15, 0.2) is 35.3 Å². The van der Waals surface area contributed by atoms with Crippen LogP contribution in [0.1, 0.15) is 19.8 Å². The van der Waals surface area contributed by atoms with Gasteiger partial charge in [-0.15, -0.1) is 0 Å². The number of halogens is 3. The van der Waals surface area contributed by atoms with Crippen LogP contribution >= 0.6 is 0 Å². The molecule has 0 aromatic heterocycles. The number of benzene rings is 1. The number of hydrogen-bond acceptors (Lipinski definition) is 3. The van der Waals surface area contributed by atoms with Crippen LogP contribution in [0.3, 0.4) is 0 Å². The lowest BCUT2D eigenvalue weighted by Gasteiger charge is -2.10. The summed E-state index contributed by atoms with van der Waals surface area (Å²) in [5.41, 5.74) is -0.773. The number of aliphatic imine (C=N–C) groups is 1. The largest absolute Gasteiger partial charge is 0.466 e. The van der Waals surface area contributed by atoms with Crippen molar-refractivity contribution in [2.45, 2.75) is 25.9 Å². The Kier molecular flexibility index (Phi) is 5.54. The van der Waals surface area contributed by atoms with Gasteiger partial charge in [-0.3, -0.25) is 4.79 Å². The quantitative estimate of drug-likeness (QED) is 0.606. The second kappa shape index (κ2) is 6.92. The minimum atomic E-state index is -4.55. The monoisotopic (exact) mass is 273 g/mol. The molecule has 0 aliphatic heterocycles. The molecule has 0 aliphatic rings. The van der Waals surface area contributed by atoms with Crippen LogP contribution in [0.5, 0.6) is 0 Å². The van der Waals surface area contributed by atoms with Gasteiger partial charge in [-0.05, 0) is 19.1 Å². The molecule has 1 rings (SSSR count). The summed E-state index contributed by atoms with van der Waals surface area (Å²) >= 11 is 0. The zero-order valence-corrected chi connectivity index (χ0v) is 10.4. The molecular formula is C13H14F3NO2. The summed E-state index contributed by atoms with van der Waals surface area (Å²) in [4.78, 5) is 14.6. The number of alkyl halides is 3. The van der Waals surface area contributed by atoms with Crippen LogP contribution in [-0.2, 0) is 9.53 Å². The molecule has 0 amide bonds. The van der Waals surface area contributed by atoms with Gasteiger partial charge in [0.2, 0.25) is 0 Å². The van der Waals surface area contributed by atoms with Crippen molar-refractivity contribution >= 4 is 17.4 Å². The summed E-state index contributed by atoms with van der Waals surface area (Å²) in [7, 11) is 0. The van der Waals surface area contributed by atoms with Gasteiger partial charge in [0.1, 0.15) is 5.71 Å². The van der Waals surface area contributed by atoms with Crippen LogP contribution in [0.4, 0.5) is 18.9 Å². The average molecular weight is 273 g/mol. The van der Waals surface area contributed by atoms with Crippen molar-refractivity contribution in [3.8, 4) is 0 Å². The summed E-state index contributed by atoms with van der Waals surface area (Å²) in [6.07, 6.45) is -5.38. The number of carbonyl (C=O) groups is 1. The second-order valence-electron chi connectivity index (χ2n) is 3.70. The fraction of sp³-hybridized carbons (Fsp3) is 0.385. The maximum atomic E-state index is 12.8. The number of esters is 1. The molecule has 0 bridgehead atoms. The molecule has 6 heteroatoms. The maximum Gasteiger partial charge on any atom is 0.429 e. The first-order chi connectivity index (χ1) is 8.93. The van der Waals surface area contributed by atoms with E-state index in [0.29, 0.717) is 0 Å². The summed E-state index contributed by atoms with van der Waals surface area (Å²) in [6.45, 7) is 1.75. The first-order valence-corrected chi connectivity index (χ1v) is 5.79. The zero-order valence-electron chi connectivity index (χ0n) is 10.4. The Morgan fingerprint density at radius 2 is 1.84 bits per heavy atom. The highest BCUT2D eigenvalue weighted by Gasteiger charge is 2.35. The Balaban J connectivity index is 2.79. The molecule has 0 unspecified atom stereocenters. The van der Waals surface area contributed by atoms with Gasteiger partial charge in [-0.2, -0.15) is 13.2 Å². The molecule has 0 fully saturated rings. The van der Waals surface area contributed by atoms with Crippen LogP contribution < -0.4 is 0 Å². The first-order valence-electron chi connectivity index (χ1n) is 5.79. The van der Waals surface area contributed by atoms with Gasteiger partial charge < -0.3 is 4.74 Å². The lowest BCUT2D eigenvalue weighted by atomic mass is 10.2. The van der Waals surface area contributed by atoms with Gasteiger partial charge in [0.05, 0.1) is 18.7 Å². The zero-order chi connectivity index (χ0) is 14.3. The Bertz CT molecular complexity index is 441. The third kappa shape index (κ3) is 5.54. The molecule has 1 aromatic rings. The van der Waals surface area contributed by atoms with Crippen LogP contribution in [0.2, 0.25) is 0 Å². The Hall–Kier alpha value is -1.85. The van der Waals surface area contributed by atoms with E-state index in [1.165, 1.54) is 12.1 Å². The summed E-state index contributed by atoms with van der Waals surface area (Å²) in [5, 5.41) is 0. The van der Waals surface area contributed by atoms with Crippen molar-refractivity contribution in [3.05, 3.63) is 30.3 Å². The minimum Gasteiger partial charge on any atom is -0.466 e. The Morgan fingerprint density at radius 1 is 1.21 bits per heavy atom. The lowest BCUT2D eigenvalue weighted by molar-refractivity contribution is -0.143. The van der Waals surface area contributed by atoms with Crippen molar-refractivity contribution in [1.82, 2.24) is 0 Å². The van der Waals surface area contributed by atoms with Crippen LogP contribution in [0, 0.1) is 0 Å². The van der Waals surface area contributed by atoms with E-state index in [1.807, 2.05) is 0 Å². The molecule has 19 heavy (non-hydrogen) atoms. The molecule has 0 saturated heterocycles. The van der Waals surface area contributed by atoms with E-state index in [4.69, 9.17) is 0 Å². The summed E-state index contributed by atoms with van der Waals surface area (Å²) in [6, 6.07) is 7.81. The number of hydrogen-bond donors (Lipinski definition) is 0. The van der Waals surface area contributed by atoms with E-state index >= 15 is 0 Å². The SMILES string of the molecule is CCOC(=O)CCC(=Nc1ccccc1)C(F)(F)F. The van der Waals surface area contributed by atoms with Gasteiger partial charge in [0, 0.05) is 6.42 Å². The number of ether oxygens (including phenoxy) is 1. The molecule has 0 aliphatic carbocycles. The maximum absolute atomic E-state index is 12.8. The van der Waals surface area contributed by atoms with Crippen molar-refractivity contribution in [1.29, 1.82) is 0 Å². The molecule has 0 atom stereocenters. The Morgan fingerprint density at radius 3 is 2.37 bits per heavy atom. The predicted octanol–water partition coefficient (Wildman–Crippen LogP) is 3.66. The highest BCUT2D eigenvalue weighted by atomic mass is 19.4. The average Bonchev–Trinajstić information content (AvgIpc) is 2.34. The molecule has 0 saturated carbocycles. The molecule has 0 N–H and O–H groups in total. The number of carbonyl (C=O) groups excluding carboxylic acids is 1. The van der Waals surface area contributed by atoms with Crippen molar-refractivity contribution < 1.29 is 22.7 Å². The summed E-state index contributed by atoms with van der Waals surface area (Å²) in [5.74, 6) is -0.660. The molecule has 104 valence electrons. The van der Waals surface area contributed by atoms with Crippen LogP contribution in [-0.4, -0.2) is 24.5 Å². The molecule has 0 heterocycles.